The number of amides is 2. The van der Waals surface area contributed by atoms with Crippen LogP contribution in [-0.4, -0.2) is 44.1 Å². The minimum absolute atomic E-state index is 0.00718. The van der Waals surface area contributed by atoms with Crippen molar-refractivity contribution in [3.05, 3.63) is 34.1 Å². The smallest absolute Gasteiger partial charge is 0.230 e. The Balaban J connectivity index is 1.83. The fourth-order valence-corrected chi connectivity index (χ4v) is 3.41. The van der Waals surface area contributed by atoms with Crippen LogP contribution in [0.1, 0.15) is 26.0 Å². The Labute approximate surface area is 161 Å². The van der Waals surface area contributed by atoms with Crippen LogP contribution in [0.4, 0.5) is 5.82 Å². The van der Waals surface area contributed by atoms with Crippen LogP contribution in [0.15, 0.2) is 18.3 Å². The molecule has 2 aromatic heterocycles. The molecule has 0 bridgehead atoms. The zero-order chi connectivity index (χ0) is 19.0. The lowest BCUT2D eigenvalue weighted by molar-refractivity contribution is -0.129. The molecule has 1 aliphatic rings. The lowest BCUT2D eigenvalue weighted by atomic mass is 10.1. The van der Waals surface area contributed by atoms with E-state index in [4.69, 9.17) is 23.2 Å². The molecule has 7 nitrogen and oxygen atoms in total. The maximum Gasteiger partial charge on any atom is 0.230 e. The van der Waals surface area contributed by atoms with Gasteiger partial charge in [-0.1, -0.05) is 23.2 Å². The van der Waals surface area contributed by atoms with Crippen LogP contribution in [0.2, 0.25) is 10.0 Å². The van der Waals surface area contributed by atoms with E-state index in [1.807, 2.05) is 13.8 Å². The normalized spacial score (nSPS) is 17.2. The Morgan fingerprint density at radius 1 is 1.35 bits per heavy atom. The highest BCUT2D eigenvalue weighted by Crippen LogP contribution is 2.26. The zero-order valence-electron chi connectivity index (χ0n) is 14.7. The number of pyridine rings is 1. The van der Waals surface area contributed by atoms with Gasteiger partial charge in [-0.05, 0) is 26.8 Å². The number of nitrogens with zero attached hydrogens (tertiary/aromatic N) is 4. The molecule has 1 atom stereocenters. The molecule has 1 N–H and O–H groups in total. The summed E-state index contributed by atoms with van der Waals surface area (Å²) in [5.74, 6) is 0.174. The number of rotatable bonds is 4. The molecule has 1 saturated heterocycles. The number of halogens is 2. The number of anilines is 1. The molecule has 26 heavy (non-hydrogen) atoms. The second-order valence-corrected chi connectivity index (χ2v) is 7.42. The first-order chi connectivity index (χ1) is 12.3. The highest BCUT2D eigenvalue weighted by Gasteiger charge is 2.35. The second kappa shape index (κ2) is 7.25. The van der Waals surface area contributed by atoms with E-state index in [0.29, 0.717) is 33.9 Å². The van der Waals surface area contributed by atoms with E-state index < -0.39 is 5.92 Å². The maximum atomic E-state index is 12.7. The van der Waals surface area contributed by atoms with Crippen molar-refractivity contribution in [2.45, 2.75) is 33.2 Å². The number of aryl methyl sites for hydroxylation is 1. The van der Waals surface area contributed by atoms with E-state index in [1.54, 1.807) is 24.0 Å². The highest BCUT2D eigenvalue weighted by molar-refractivity contribution is 6.35. The van der Waals surface area contributed by atoms with Crippen molar-refractivity contribution in [1.82, 2.24) is 19.7 Å². The second-order valence-electron chi connectivity index (χ2n) is 6.57. The molecule has 2 amide bonds. The third-order valence-corrected chi connectivity index (χ3v) is 4.71. The molecule has 3 rings (SSSR count). The van der Waals surface area contributed by atoms with Crippen molar-refractivity contribution < 1.29 is 9.59 Å². The van der Waals surface area contributed by atoms with Gasteiger partial charge in [0.25, 0.3) is 0 Å². The molecule has 0 saturated carbocycles. The first-order valence-electron chi connectivity index (χ1n) is 8.24. The van der Waals surface area contributed by atoms with Crippen LogP contribution in [0.5, 0.6) is 0 Å². The molecule has 0 radical (unpaired) electrons. The SMILES string of the molecule is Cc1cc(NC(=O)C2CC(=O)N(C(C)C)C2)n(-c2ncc(Cl)cc2Cl)n1. The average Bonchev–Trinajstić information content (AvgIpc) is 3.10. The van der Waals surface area contributed by atoms with Gasteiger partial charge in [0.2, 0.25) is 11.8 Å². The number of hydrogen-bond donors (Lipinski definition) is 1. The van der Waals surface area contributed by atoms with Crippen molar-refractivity contribution in [3.8, 4) is 5.82 Å². The number of nitrogens with one attached hydrogen (secondary N) is 1. The minimum Gasteiger partial charge on any atom is -0.339 e. The topological polar surface area (TPSA) is 80.1 Å². The number of carbonyl (C=O) groups excluding carboxylic acids is 2. The van der Waals surface area contributed by atoms with Crippen LogP contribution in [-0.2, 0) is 9.59 Å². The van der Waals surface area contributed by atoms with Crippen LogP contribution < -0.4 is 5.32 Å². The molecule has 9 heteroatoms. The quantitative estimate of drug-likeness (QED) is 0.862. The molecule has 0 aromatic carbocycles. The summed E-state index contributed by atoms with van der Waals surface area (Å²) >= 11 is 12.1. The summed E-state index contributed by atoms with van der Waals surface area (Å²) in [6, 6.07) is 3.36. The van der Waals surface area contributed by atoms with Gasteiger partial charge in [0.1, 0.15) is 5.82 Å². The molecule has 3 heterocycles. The van der Waals surface area contributed by atoms with E-state index in [9.17, 15) is 9.59 Å². The van der Waals surface area contributed by atoms with Gasteiger partial charge in [0, 0.05) is 31.3 Å². The van der Waals surface area contributed by atoms with Gasteiger partial charge in [-0.25, -0.2) is 4.98 Å². The summed E-state index contributed by atoms with van der Waals surface area (Å²) in [7, 11) is 0. The standard InChI is InChI=1S/C17H19Cl2N5O2/c1-9(2)23-8-11(5-15(23)25)17(26)21-14-4-10(3)22-24(14)16-13(19)6-12(18)7-20-16/h4,6-7,9,11H,5,8H2,1-3H3,(H,21,26). The molecule has 2 aromatic rings. The molecule has 1 unspecified atom stereocenters. The van der Waals surface area contributed by atoms with Crippen LogP contribution >= 0.6 is 23.2 Å². The van der Waals surface area contributed by atoms with Gasteiger partial charge >= 0.3 is 0 Å². The summed E-state index contributed by atoms with van der Waals surface area (Å²) in [5.41, 5.74) is 0.694. The fraction of sp³-hybridized carbons (Fsp3) is 0.412. The van der Waals surface area contributed by atoms with Gasteiger partial charge in [0.05, 0.1) is 21.7 Å². The van der Waals surface area contributed by atoms with Crippen molar-refractivity contribution in [1.29, 1.82) is 0 Å². The van der Waals surface area contributed by atoms with E-state index in [2.05, 4.69) is 15.4 Å². The number of likely N-dealkylation sites (tertiary alicyclic amines) is 1. The van der Waals surface area contributed by atoms with Crippen molar-refractivity contribution in [2.75, 3.05) is 11.9 Å². The van der Waals surface area contributed by atoms with Gasteiger partial charge < -0.3 is 10.2 Å². The van der Waals surface area contributed by atoms with E-state index in [0.717, 1.165) is 0 Å². The molecular weight excluding hydrogens is 377 g/mol. The summed E-state index contributed by atoms with van der Waals surface area (Å²) in [5, 5.41) is 7.91. The summed E-state index contributed by atoms with van der Waals surface area (Å²) < 4.78 is 1.46. The summed E-state index contributed by atoms with van der Waals surface area (Å²) in [6.07, 6.45) is 1.67. The predicted octanol–water partition coefficient (Wildman–Crippen LogP) is 3.08. The van der Waals surface area contributed by atoms with E-state index >= 15 is 0 Å². The van der Waals surface area contributed by atoms with E-state index in [-0.39, 0.29) is 24.3 Å². The minimum atomic E-state index is -0.401. The Kier molecular flexibility index (Phi) is 5.20. The van der Waals surface area contributed by atoms with Crippen LogP contribution in [0, 0.1) is 12.8 Å². The first kappa shape index (κ1) is 18.7. The van der Waals surface area contributed by atoms with Gasteiger partial charge in [0.15, 0.2) is 5.82 Å². The number of carbonyl (C=O) groups is 2. The third kappa shape index (κ3) is 3.68. The van der Waals surface area contributed by atoms with Gasteiger partial charge in [-0.15, -0.1) is 0 Å². The lowest BCUT2D eigenvalue weighted by Crippen LogP contribution is -2.33. The Morgan fingerprint density at radius 2 is 2.08 bits per heavy atom. The van der Waals surface area contributed by atoms with Crippen LogP contribution in [0.25, 0.3) is 5.82 Å². The molecule has 1 fully saturated rings. The molecule has 0 aliphatic carbocycles. The Morgan fingerprint density at radius 3 is 2.69 bits per heavy atom. The summed E-state index contributed by atoms with van der Waals surface area (Å²) in [6.45, 7) is 6.08. The maximum absolute atomic E-state index is 12.7. The highest BCUT2D eigenvalue weighted by atomic mass is 35.5. The zero-order valence-corrected chi connectivity index (χ0v) is 16.2. The van der Waals surface area contributed by atoms with Gasteiger partial charge in [-0.2, -0.15) is 9.78 Å². The third-order valence-electron chi connectivity index (χ3n) is 4.22. The van der Waals surface area contributed by atoms with E-state index in [1.165, 1.54) is 10.9 Å². The predicted molar refractivity (Wildman–Crippen MR) is 99.7 cm³/mol. The van der Waals surface area contributed by atoms with Crippen LogP contribution in [0.3, 0.4) is 0 Å². The van der Waals surface area contributed by atoms with Crippen molar-refractivity contribution in [2.24, 2.45) is 5.92 Å². The molecule has 1 aliphatic heterocycles. The lowest BCUT2D eigenvalue weighted by Gasteiger charge is -2.20. The fourth-order valence-electron chi connectivity index (χ4n) is 2.95. The number of hydrogen-bond acceptors (Lipinski definition) is 4. The Bertz CT molecular complexity index is 865. The van der Waals surface area contributed by atoms with Crippen molar-refractivity contribution >= 4 is 40.8 Å². The molecule has 138 valence electrons. The average molecular weight is 396 g/mol. The number of aromatic nitrogens is 3. The first-order valence-corrected chi connectivity index (χ1v) is 9.00. The molecular formula is C17H19Cl2N5O2. The largest absolute Gasteiger partial charge is 0.339 e. The monoisotopic (exact) mass is 395 g/mol. The van der Waals surface area contributed by atoms with Crippen molar-refractivity contribution in [3.63, 3.8) is 0 Å². The molecule has 0 spiro atoms. The van der Waals surface area contributed by atoms with Gasteiger partial charge in [-0.3, -0.25) is 9.59 Å². The Hall–Kier alpha value is -2.12. The summed E-state index contributed by atoms with van der Waals surface area (Å²) in [4.78, 5) is 30.6.